The smallest absolute Gasteiger partial charge is 0.409 e. The van der Waals surface area contributed by atoms with Crippen molar-refractivity contribution >= 4 is 6.09 Å². The number of carbonyl (C=O) groups excluding carboxylic acids is 1. The summed E-state index contributed by atoms with van der Waals surface area (Å²) in [4.78, 5) is 13.0. The zero-order valence-electron chi connectivity index (χ0n) is 10.3. The number of unbranched alkanes of at least 4 members (excludes halogenated alkanes) is 1. The average Bonchev–Trinajstić information content (AvgIpc) is 2.72. The monoisotopic (exact) mass is 246 g/mol. The number of rotatable bonds is 6. The van der Waals surface area contributed by atoms with Gasteiger partial charge in [0.1, 0.15) is 6.61 Å². The topological polar surface area (TPSA) is 82.0 Å². The lowest BCUT2D eigenvalue weighted by Crippen LogP contribution is -2.33. The normalized spacial score (nSPS) is 23.7. The van der Waals surface area contributed by atoms with Crippen molar-refractivity contribution in [3.05, 3.63) is 0 Å². The van der Waals surface area contributed by atoms with Gasteiger partial charge in [0.05, 0.1) is 6.10 Å². The molecule has 0 spiro atoms. The van der Waals surface area contributed by atoms with Gasteiger partial charge in [0, 0.05) is 32.8 Å². The van der Waals surface area contributed by atoms with E-state index in [-0.39, 0.29) is 24.8 Å². The number of ether oxygens (including phenoxy) is 1. The first kappa shape index (κ1) is 14.2. The van der Waals surface area contributed by atoms with E-state index < -0.39 is 0 Å². The minimum atomic E-state index is -0.355. The second kappa shape index (κ2) is 7.47. The number of carbonyl (C=O) groups is 1. The van der Waals surface area contributed by atoms with Crippen molar-refractivity contribution in [3.8, 4) is 0 Å². The summed E-state index contributed by atoms with van der Waals surface area (Å²) in [5, 5.41) is 21.0. The van der Waals surface area contributed by atoms with Crippen LogP contribution >= 0.6 is 0 Å². The van der Waals surface area contributed by atoms with Crippen molar-refractivity contribution < 1.29 is 19.7 Å². The molecular formula is C11H22N2O4. The Morgan fingerprint density at radius 1 is 1.53 bits per heavy atom. The maximum Gasteiger partial charge on any atom is 0.409 e. The minimum absolute atomic E-state index is 0.0554. The van der Waals surface area contributed by atoms with Gasteiger partial charge in [-0.1, -0.05) is 0 Å². The first-order chi connectivity index (χ1) is 8.13. The molecule has 0 aromatic carbocycles. The van der Waals surface area contributed by atoms with Gasteiger partial charge in [-0.25, -0.2) is 4.79 Å². The fourth-order valence-electron chi connectivity index (χ4n) is 1.76. The highest BCUT2D eigenvalue weighted by atomic mass is 16.6. The Bertz CT molecular complexity index is 238. The van der Waals surface area contributed by atoms with E-state index in [0.29, 0.717) is 32.5 Å². The molecule has 1 heterocycles. The zero-order chi connectivity index (χ0) is 12.7. The third kappa shape index (κ3) is 5.34. The molecule has 6 nitrogen and oxygen atoms in total. The summed E-state index contributed by atoms with van der Waals surface area (Å²) in [6, 6.07) is 0.0554. The highest BCUT2D eigenvalue weighted by Gasteiger charge is 2.23. The molecule has 0 aromatic rings. The van der Waals surface area contributed by atoms with Crippen LogP contribution in [0.1, 0.15) is 19.3 Å². The molecular weight excluding hydrogens is 224 g/mol. The lowest BCUT2D eigenvalue weighted by atomic mass is 10.2. The molecule has 0 saturated carbocycles. The van der Waals surface area contributed by atoms with Gasteiger partial charge in [-0.2, -0.15) is 0 Å². The number of hydrogen-bond donors (Lipinski definition) is 3. The summed E-state index contributed by atoms with van der Waals surface area (Å²) in [7, 11) is 1.68. The molecule has 3 N–H and O–H groups in total. The van der Waals surface area contributed by atoms with E-state index in [4.69, 9.17) is 9.84 Å². The Morgan fingerprint density at radius 2 is 2.29 bits per heavy atom. The minimum Gasteiger partial charge on any atom is -0.448 e. The number of nitrogens with one attached hydrogen (secondary N) is 1. The highest BCUT2D eigenvalue weighted by Crippen LogP contribution is 2.07. The standard InChI is InChI=1S/C11H22N2O4/c1-13(4-2-3-5-14)11(16)17-8-9-6-10(15)7-12-9/h9-10,12,14-15H,2-8H2,1H3. The molecule has 6 heteroatoms. The molecule has 2 atom stereocenters. The molecule has 1 aliphatic rings. The third-order valence-electron chi connectivity index (χ3n) is 2.82. The summed E-state index contributed by atoms with van der Waals surface area (Å²) in [6.07, 6.45) is 1.39. The van der Waals surface area contributed by atoms with Crippen LogP contribution in [-0.2, 0) is 4.74 Å². The van der Waals surface area contributed by atoms with Gasteiger partial charge >= 0.3 is 6.09 Å². The summed E-state index contributed by atoms with van der Waals surface area (Å²) < 4.78 is 5.12. The number of nitrogens with zero attached hydrogens (tertiary/aromatic N) is 1. The molecule has 0 aromatic heterocycles. The predicted octanol–water partition coefficient (Wildman–Crippen LogP) is -0.450. The molecule has 0 aliphatic carbocycles. The van der Waals surface area contributed by atoms with Crippen molar-refractivity contribution in [2.45, 2.75) is 31.4 Å². The van der Waals surface area contributed by atoms with Crippen LogP contribution < -0.4 is 5.32 Å². The molecule has 17 heavy (non-hydrogen) atoms. The number of aliphatic hydroxyl groups excluding tert-OH is 2. The molecule has 0 radical (unpaired) electrons. The van der Waals surface area contributed by atoms with E-state index in [1.54, 1.807) is 7.05 Å². The number of aliphatic hydroxyl groups is 2. The van der Waals surface area contributed by atoms with Gasteiger partial charge in [0.25, 0.3) is 0 Å². The SMILES string of the molecule is CN(CCCCO)C(=O)OCC1CC(O)CN1. The van der Waals surface area contributed by atoms with Crippen LogP contribution in [0, 0.1) is 0 Å². The summed E-state index contributed by atoms with van der Waals surface area (Å²) in [6.45, 7) is 1.58. The molecule has 1 amide bonds. The quantitative estimate of drug-likeness (QED) is 0.553. The van der Waals surface area contributed by atoms with Crippen LogP contribution in [0.3, 0.4) is 0 Å². The average molecular weight is 246 g/mol. The van der Waals surface area contributed by atoms with E-state index in [2.05, 4.69) is 5.32 Å². The number of β-amino-alcohol motifs (C(OH)–C–C–N with tert-alkyl or cyclic N) is 1. The van der Waals surface area contributed by atoms with Crippen LogP contribution in [0.15, 0.2) is 0 Å². The van der Waals surface area contributed by atoms with E-state index in [9.17, 15) is 9.90 Å². The van der Waals surface area contributed by atoms with Gasteiger partial charge in [-0.15, -0.1) is 0 Å². The van der Waals surface area contributed by atoms with Gasteiger partial charge in [-0.3, -0.25) is 0 Å². The van der Waals surface area contributed by atoms with Gasteiger partial charge in [0.2, 0.25) is 0 Å². The maximum atomic E-state index is 11.5. The van der Waals surface area contributed by atoms with Crippen molar-refractivity contribution in [1.82, 2.24) is 10.2 Å². The van der Waals surface area contributed by atoms with Gasteiger partial charge in [-0.05, 0) is 19.3 Å². The van der Waals surface area contributed by atoms with Crippen LogP contribution in [-0.4, -0.2) is 66.7 Å². The van der Waals surface area contributed by atoms with E-state index in [1.165, 1.54) is 4.90 Å². The van der Waals surface area contributed by atoms with E-state index >= 15 is 0 Å². The number of amides is 1. The Labute approximate surface area is 102 Å². The Balaban J connectivity index is 2.11. The third-order valence-corrected chi connectivity index (χ3v) is 2.82. The van der Waals surface area contributed by atoms with E-state index in [1.807, 2.05) is 0 Å². The Hall–Kier alpha value is -0.850. The number of hydrogen-bond acceptors (Lipinski definition) is 5. The zero-order valence-corrected chi connectivity index (χ0v) is 10.3. The van der Waals surface area contributed by atoms with Crippen LogP contribution in [0.25, 0.3) is 0 Å². The molecule has 100 valence electrons. The lowest BCUT2D eigenvalue weighted by molar-refractivity contribution is 0.0995. The summed E-state index contributed by atoms with van der Waals surface area (Å²) in [5.41, 5.74) is 0. The Kier molecular flexibility index (Phi) is 6.25. The molecule has 2 unspecified atom stereocenters. The summed E-state index contributed by atoms with van der Waals surface area (Å²) in [5.74, 6) is 0. The van der Waals surface area contributed by atoms with Crippen molar-refractivity contribution in [2.24, 2.45) is 0 Å². The van der Waals surface area contributed by atoms with Gasteiger partial charge in [0.15, 0.2) is 0 Å². The molecule has 0 bridgehead atoms. The predicted molar refractivity (Wildman–Crippen MR) is 62.7 cm³/mol. The summed E-state index contributed by atoms with van der Waals surface area (Å²) >= 11 is 0. The van der Waals surface area contributed by atoms with Crippen molar-refractivity contribution in [1.29, 1.82) is 0 Å². The van der Waals surface area contributed by atoms with E-state index in [0.717, 1.165) is 6.42 Å². The first-order valence-electron chi connectivity index (χ1n) is 6.03. The largest absolute Gasteiger partial charge is 0.448 e. The Morgan fingerprint density at radius 3 is 2.88 bits per heavy atom. The second-order valence-corrected chi connectivity index (χ2v) is 4.42. The molecule has 1 aliphatic heterocycles. The molecule has 1 fully saturated rings. The first-order valence-corrected chi connectivity index (χ1v) is 6.03. The van der Waals surface area contributed by atoms with Crippen LogP contribution in [0.2, 0.25) is 0 Å². The van der Waals surface area contributed by atoms with Crippen LogP contribution in [0.4, 0.5) is 4.79 Å². The lowest BCUT2D eigenvalue weighted by Gasteiger charge is -2.18. The molecule has 1 rings (SSSR count). The molecule has 1 saturated heterocycles. The van der Waals surface area contributed by atoms with Crippen molar-refractivity contribution in [3.63, 3.8) is 0 Å². The fourth-order valence-corrected chi connectivity index (χ4v) is 1.76. The maximum absolute atomic E-state index is 11.5. The fraction of sp³-hybridized carbons (Fsp3) is 0.909. The van der Waals surface area contributed by atoms with Crippen LogP contribution in [0.5, 0.6) is 0 Å². The van der Waals surface area contributed by atoms with Crippen molar-refractivity contribution in [2.75, 3.05) is 33.4 Å². The highest BCUT2D eigenvalue weighted by molar-refractivity contribution is 5.67. The second-order valence-electron chi connectivity index (χ2n) is 4.42. The van der Waals surface area contributed by atoms with Gasteiger partial charge < -0.3 is 25.2 Å².